The highest BCUT2D eigenvalue weighted by molar-refractivity contribution is 6.42. The summed E-state index contributed by atoms with van der Waals surface area (Å²) in [7, 11) is 0. The van der Waals surface area contributed by atoms with Crippen LogP contribution >= 0.6 is 23.2 Å². The Kier molecular flexibility index (Phi) is 6.45. The van der Waals surface area contributed by atoms with Gasteiger partial charge in [0.05, 0.1) is 29.3 Å². The summed E-state index contributed by atoms with van der Waals surface area (Å²) in [6, 6.07) is 14.4. The largest absolute Gasteiger partial charge is 0.379 e. The van der Waals surface area contributed by atoms with Crippen LogP contribution in [0.2, 0.25) is 10.0 Å². The number of hydrogen-bond acceptors (Lipinski definition) is 3. The number of ether oxygens (including phenoxy) is 1. The lowest BCUT2D eigenvalue weighted by molar-refractivity contribution is -0.122. The number of rotatable bonds is 6. The van der Waals surface area contributed by atoms with Crippen molar-refractivity contribution in [2.45, 2.75) is 25.3 Å². The lowest BCUT2D eigenvalue weighted by atomic mass is 10.0. The fraction of sp³-hybridized carbons (Fsp3) is 0.435. The maximum Gasteiger partial charge on any atom is 0.223 e. The van der Waals surface area contributed by atoms with Crippen LogP contribution in [0.5, 0.6) is 0 Å². The number of halogens is 2. The molecule has 1 heterocycles. The van der Waals surface area contributed by atoms with E-state index in [9.17, 15) is 4.79 Å². The zero-order valence-electron chi connectivity index (χ0n) is 16.5. The number of morpholine rings is 1. The van der Waals surface area contributed by atoms with Gasteiger partial charge in [-0.1, -0.05) is 59.1 Å². The molecule has 0 spiro atoms. The van der Waals surface area contributed by atoms with Crippen molar-refractivity contribution >= 4 is 29.1 Å². The van der Waals surface area contributed by atoms with Crippen LogP contribution in [0.4, 0.5) is 0 Å². The first-order valence-electron chi connectivity index (χ1n) is 10.1. The number of hydrogen-bond donors (Lipinski definition) is 1. The molecule has 0 radical (unpaired) electrons. The molecule has 1 amide bonds. The Morgan fingerprint density at radius 3 is 2.69 bits per heavy atom. The summed E-state index contributed by atoms with van der Waals surface area (Å²) in [5.74, 6) is 0.354. The highest BCUT2D eigenvalue weighted by Gasteiger charge is 2.44. The highest BCUT2D eigenvalue weighted by atomic mass is 35.5. The molecule has 0 aromatic heterocycles. The summed E-state index contributed by atoms with van der Waals surface area (Å²) >= 11 is 12.1. The molecular formula is C23H26Cl2N2O2. The molecule has 1 N–H and O–H groups in total. The van der Waals surface area contributed by atoms with Gasteiger partial charge in [0.1, 0.15) is 0 Å². The van der Waals surface area contributed by atoms with Crippen molar-refractivity contribution in [2.24, 2.45) is 5.92 Å². The molecule has 154 valence electrons. The Morgan fingerprint density at radius 1 is 1.17 bits per heavy atom. The van der Waals surface area contributed by atoms with E-state index in [1.165, 1.54) is 11.1 Å². The van der Waals surface area contributed by atoms with E-state index in [0.717, 1.165) is 38.3 Å². The van der Waals surface area contributed by atoms with Gasteiger partial charge in [-0.25, -0.2) is 0 Å². The van der Waals surface area contributed by atoms with E-state index in [2.05, 4.69) is 41.4 Å². The van der Waals surface area contributed by atoms with E-state index in [1.807, 2.05) is 12.1 Å². The van der Waals surface area contributed by atoms with E-state index < -0.39 is 0 Å². The van der Waals surface area contributed by atoms with Crippen molar-refractivity contribution in [3.8, 4) is 0 Å². The average Bonchev–Trinajstić information content (AvgIpc) is 3.52. The number of nitrogens with zero attached hydrogens (tertiary/aromatic N) is 1. The summed E-state index contributed by atoms with van der Waals surface area (Å²) in [5, 5.41) is 4.29. The van der Waals surface area contributed by atoms with Crippen LogP contribution in [0.3, 0.4) is 0 Å². The molecule has 2 aromatic rings. The number of amides is 1. The summed E-state index contributed by atoms with van der Waals surface area (Å²) < 4.78 is 5.52. The van der Waals surface area contributed by atoms with E-state index >= 15 is 0 Å². The summed E-state index contributed by atoms with van der Waals surface area (Å²) in [6.45, 7) is 5.93. The third-order valence-corrected chi connectivity index (χ3v) is 6.62. The number of benzene rings is 2. The fourth-order valence-electron chi connectivity index (χ4n) is 4.15. The monoisotopic (exact) mass is 432 g/mol. The van der Waals surface area contributed by atoms with Gasteiger partial charge >= 0.3 is 0 Å². The molecule has 1 aliphatic heterocycles. The Bertz CT molecular complexity index is 883. The minimum absolute atomic E-state index is 0.00934. The van der Waals surface area contributed by atoms with E-state index in [4.69, 9.17) is 27.9 Å². The molecule has 4 nitrogen and oxygen atoms in total. The van der Waals surface area contributed by atoms with Crippen molar-refractivity contribution in [3.63, 3.8) is 0 Å². The zero-order valence-corrected chi connectivity index (χ0v) is 18.0. The zero-order chi connectivity index (χ0) is 20.4. The van der Waals surface area contributed by atoms with Crippen LogP contribution in [0.1, 0.15) is 35.1 Å². The maximum atomic E-state index is 12.8. The molecule has 3 atom stereocenters. The van der Waals surface area contributed by atoms with E-state index in [-0.39, 0.29) is 23.8 Å². The summed E-state index contributed by atoms with van der Waals surface area (Å²) in [6.07, 6.45) is 0.858. The number of aryl methyl sites for hydroxylation is 1. The molecular weight excluding hydrogens is 407 g/mol. The number of nitrogens with one attached hydrogen (secondary N) is 1. The van der Waals surface area contributed by atoms with Gasteiger partial charge in [-0.3, -0.25) is 9.69 Å². The van der Waals surface area contributed by atoms with Gasteiger partial charge in [-0.05, 0) is 42.5 Å². The van der Waals surface area contributed by atoms with E-state index in [1.54, 1.807) is 6.07 Å². The molecule has 3 unspecified atom stereocenters. The molecule has 2 aliphatic rings. The second kappa shape index (κ2) is 9.05. The second-order valence-corrected chi connectivity index (χ2v) is 8.76. The van der Waals surface area contributed by atoms with Crippen LogP contribution in [-0.2, 0) is 9.53 Å². The number of carbonyl (C=O) groups excluding carboxylic acids is 1. The predicted octanol–water partition coefficient (Wildman–Crippen LogP) is 4.60. The van der Waals surface area contributed by atoms with Crippen LogP contribution < -0.4 is 5.32 Å². The maximum absolute atomic E-state index is 12.8. The van der Waals surface area contributed by atoms with Gasteiger partial charge in [0.2, 0.25) is 5.91 Å². The minimum Gasteiger partial charge on any atom is -0.379 e. The molecule has 6 heteroatoms. The third kappa shape index (κ3) is 4.95. The molecule has 2 aromatic carbocycles. The normalized spacial score (nSPS) is 22.9. The molecule has 29 heavy (non-hydrogen) atoms. The predicted molar refractivity (Wildman–Crippen MR) is 117 cm³/mol. The number of carbonyl (C=O) groups is 1. The topological polar surface area (TPSA) is 41.6 Å². The van der Waals surface area contributed by atoms with Crippen LogP contribution in [0.25, 0.3) is 0 Å². The third-order valence-electron chi connectivity index (χ3n) is 5.88. The van der Waals surface area contributed by atoms with Crippen molar-refractivity contribution in [2.75, 3.05) is 32.8 Å². The highest BCUT2D eigenvalue weighted by Crippen LogP contribution is 2.48. The fourth-order valence-corrected chi connectivity index (χ4v) is 4.46. The van der Waals surface area contributed by atoms with Gasteiger partial charge in [0.25, 0.3) is 0 Å². The quantitative estimate of drug-likeness (QED) is 0.725. The lowest BCUT2D eigenvalue weighted by Gasteiger charge is -2.35. The van der Waals surface area contributed by atoms with Crippen molar-refractivity contribution in [1.82, 2.24) is 10.2 Å². The molecule has 2 fully saturated rings. The van der Waals surface area contributed by atoms with Crippen molar-refractivity contribution < 1.29 is 9.53 Å². The second-order valence-electron chi connectivity index (χ2n) is 7.95. The first kappa shape index (κ1) is 20.7. The Morgan fingerprint density at radius 2 is 1.97 bits per heavy atom. The minimum atomic E-state index is 0.00934. The van der Waals surface area contributed by atoms with Gasteiger partial charge in [-0.2, -0.15) is 0 Å². The molecule has 0 bridgehead atoms. The summed E-state index contributed by atoms with van der Waals surface area (Å²) in [5.41, 5.74) is 3.56. The standard InChI is InChI=1S/C23H26Cl2N2O2/c1-15-3-2-4-17(11-15)22(27-7-9-29-10-8-27)14-26-23(28)19-13-18(19)16-5-6-20(24)21(25)12-16/h2-6,11-12,18-19,22H,7-10,13-14H2,1H3,(H,26,28). The summed E-state index contributed by atoms with van der Waals surface area (Å²) in [4.78, 5) is 15.2. The van der Waals surface area contributed by atoms with Gasteiger partial charge in [0.15, 0.2) is 0 Å². The average molecular weight is 433 g/mol. The van der Waals surface area contributed by atoms with Gasteiger partial charge in [0, 0.05) is 25.6 Å². The smallest absolute Gasteiger partial charge is 0.223 e. The first-order valence-corrected chi connectivity index (χ1v) is 10.9. The van der Waals surface area contributed by atoms with Gasteiger partial charge in [-0.15, -0.1) is 0 Å². The molecule has 1 saturated carbocycles. The Hall–Kier alpha value is -1.59. The Labute approximate surface area is 182 Å². The van der Waals surface area contributed by atoms with Crippen LogP contribution in [0, 0.1) is 12.8 Å². The molecule has 1 saturated heterocycles. The van der Waals surface area contributed by atoms with E-state index in [0.29, 0.717) is 16.6 Å². The Balaban J connectivity index is 1.40. The van der Waals surface area contributed by atoms with Crippen molar-refractivity contribution in [1.29, 1.82) is 0 Å². The van der Waals surface area contributed by atoms with Crippen LogP contribution in [0.15, 0.2) is 42.5 Å². The molecule has 1 aliphatic carbocycles. The molecule has 4 rings (SSSR count). The van der Waals surface area contributed by atoms with Crippen molar-refractivity contribution in [3.05, 3.63) is 69.2 Å². The SMILES string of the molecule is Cc1cccc(C(CNC(=O)C2CC2c2ccc(Cl)c(Cl)c2)N2CCOCC2)c1. The van der Waals surface area contributed by atoms with Gasteiger partial charge < -0.3 is 10.1 Å². The first-order chi connectivity index (χ1) is 14.0. The lowest BCUT2D eigenvalue weighted by Crippen LogP contribution is -2.44. The van der Waals surface area contributed by atoms with Crippen LogP contribution in [-0.4, -0.2) is 43.7 Å².